The molecule has 1 aromatic heterocycles. The Kier molecular flexibility index (Phi) is 4.51. The number of benzene rings is 2. The number of para-hydroxylation sites is 2. The van der Waals surface area contributed by atoms with Gasteiger partial charge in [0.05, 0.1) is 6.42 Å². The maximum absolute atomic E-state index is 12.2. The molecule has 0 unspecified atom stereocenters. The lowest BCUT2D eigenvalue weighted by Crippen LogP contribution is -2.37. The van der Waals surface area contributed by atoms with Crippen molar-refractivity contribution in [2.45, 2.75) is 44.6 Å². The number of hydrogen-bond donors (Lipinski definition) is 1. The van der Waals surface area contributed by atoms with Crippen LogP contribution in [0.3, 0.4) is 0 Å². The molecule has 0 atom stereocenters. The third kappa shape index (κ3) is 3.73. The minimum absolute atomic E-state index is 0.113. The van der Waals surface area contributed by atoms with Gasteiger partial charge in [-0.25, -0.2) is 4.98 Å². The number of rotatable bonds is 4. The highest BCUT2D eigenvalue weighted by atomic mass is 16.3. The van der Waals surface area contributed by atoms with E-state index in [4.69, 9.17) is 4.42 Å². The van der Waals surface area contributed by atoms with Crippen molar-refractivity contribution in [3.8, 4) is 11.5 Å². The average molecular weight is 334 g/mol. The number of amides is 1. The molecule has 1 N–H and O–H groups in total. The predicted octanol–water partition coefficient (Wildman–Crippen LogP) is 4.49. The molecule has 25 heavy (non-hydrogen) atoms. The van der Waals surface area contributed by atoms with Crippen molar-refractivity contribution in [3.63, 3.8) is 0 Å². The van der Waals surface area contributed by atoms with Gasteiger partial charge in [0.15, 0.2) is 5.58 Å². The van der Waals surface area contributed by atoms with Gasteiger partial charge in [-0.05, 0) is 42.7 Å². The molecule has 1 amide bonds. The van der Waals surface area contributed by atoms with Crippen molar-refractivity contribution in [2.75, 3.05) is 0 Å². The molecule has 0 aliphatic heterocycles. The second kappa shape index (κ2) is 7.09. The Hall–Kier alpha value is -2.62. The molecule has 1 aliphatic rings. The van der Waals surface area contributed by atoms with E-state index >= 15 is 0 Å². The van der Waals surface area contributed by atoms with Crippen molar-refractivity contribution in [3.05, 3.63) is 54.1 Å². The van der Waals surface area contributed by atoms with Gasteiger partial charge in [-0.1, -0.05) is 43.5 Å². The monoisotopic (exact) mass is 334 g/mol. The lowest BCUT2D eigenvalue weighted by atomic mass is 9.95. The Morgan fingerprint density at radius 2 is 1.80 bits per heavy atom. The van der Waals surface area contributed by atoms with Gasteiger partial charge in [-0.3, -0.25) is 4.79 Å². The first kappa shape index (κ1) is 15.9. The van der Waals surface area contributed by atoms with E-state index in [0.29, 0.717) is 18.4 Å². The van der Waals surface area contributed by atoms with E-state index in [2.05, 4.69) is 10.3 Å². The van der Waals surface area contributed by atoms with Gasteiger partial charge in [0.25, 0.3) is 0 Å². The highest BCUT2D eigenvalue weighted by Crippen LogP contribution is 2.24. The average Bonchev–Trinajstić information content (AvgIpc) is 3.07. The second-order valence-electron chi connectivity index (χ2n) is 6.76. The molecule has 1 saturated carbocycles. The Labute approximate surface area is 147 Å². The zero-order chi connectivity index (χ0) is 17.1. The number of nitrogens with one attached hydrogen (secondary N) is 1. The molecule has 4 rings (SSSR count). The van der Waals surface area contributed by atoms with Crippen LogP contribution in [0.5, 0.6) is 0 Å². The topological polar surface area (TPSA) is 55.1 Å². The van der Waals surface area contributed by atoms with Crippen LogP contribution in [-0.2, 0) is 11.2 Å². The second-order valence-corrected chi connectivity index (χ2v) is 6.76. The van der Waals surface area contributed by atoms with Gasteiger partial charge in [0.2, 0.25) is 11.8 Å². The molecule has 3 aromatic rings. The summed E-state index contributed by atoms with van der Waals surface area (Å²) in [6.07, 6.45) is 6.40. The Morgan fingerprint density at radius 1 is 1.04 bits per heavy atom. The number of nitrogens with zero attached hydrogens (tertiary/aromatic N) is 1. The lowest BCUT2D eigenvalue weighted by molar-refractivity contribution is -0.121. The van der Waals surface area contributed by atoms with Gasteiger partial charge in [0, 0.05) is 11.6 Å². The summed E-state index contributed by atoms with van der Waals surface area (Å²) in [4.78, 5) is 16.7. The van der Waals surface area contributed by atoms with Crippen LogP contribution in [0.1, 0.15) is 37.7 Å². The van der Waals surface area contributed by atoms with Gasteiger partial charge < -0.3 is 9.73 Å². The SMILES string of the molecule is O=C(Cc1ccc(-c2nc3ccccc3o2)cc1)NC1CCCCC1. The maximum Gasteiger partial charge on any atom is 0.227 e. The Morgan fingerprint density at radius 3 is 2.56 bits per heavy atom. The minimum atomic E-state index is 0.113. The molecule has 0 spiro atoms. The van der Waals surface area contributed by atoms with E-state index in [-0.39, 0.29) is 5.91 Å². The number of oxazole rings is 1. The van der Waals surface area contributed by atoms with Gasteiger partial charge >= 0.3 is 0 Å². The highest BCUT2D eigenvalue weighted by Gasteiger charge is 2.16. The first-order valence-electron chi connectivity index (χ1n) is 9.02. The minimum Gasteiger partial charge on any atom is -0.436 e. The van der Waals surface area contributed by atoms with Gasteiger partial charge in [-0.2, -0.15) is 0 Å². The van der Waals surface area contributed by atoms with Crippen molar-refractivity contribution in [2.24, 2.45) is 0 Å². The number of hydrogen-bond acceptors (Lipinski definition) is 3. The molecule has 1 aliphatic carbocycles. The third-order valence-electron chi connectivity index (χ3n) is 4.83. The molecular weight excluding hydrogens is 312 g/mol. The number of fused-ring (bicyclic) bond motifs is 1. The fourth-order valence-electron chi connectivity index (χ4n) is 3.47. The largest absolute Gasteiger partial charge is 0.436 e. The molecule has 1 heterocycles. The summed E-state index contributed by atoms with van der Waals surface area (Å²) >= 11 is 0. The standard InChI is InChI=1S/C21H22N2O2/c24-20(22-17-6-2-1-3-7-17)14-15-10-12-16(13-11-15)21-23-18-8-4-5-9-19(18)25-21/h4-5,8-13,17H,1-3,6-7,14H2,(H,22,24). The summed E-state index contributed by atoms with van der Waals surface area (Å²) in [6.45, 7) is 0. The molecule has 2 aromatic carbocycles. The number of carbonyl (C=O) groups excluding carboxylic acids is 1. The quantitative estimate of drug-likeness (QED) is 0.765. The summed E-state index contributed by atoms with van der Waals surface area (Å²) < 4.78 is 5.79. The fraction of sp³-hybridized carbons (Fsp3) is 0.333. The molecule has 128 valence electrons. The van der Waals surface area contributed by atoms with E-state index < -0.39 is 0 Å². The van der Waals surface area contributed by atoms with Crippen LogP contribution in [0.2, 0.25) is 0 Å². The predicted molar refractivity (Wildman–Crippen MR) is 98.2 cm³/mol. The molecule has 0 radical (unpaired) electrons. The Bertz CT molecular complexity index is 828. The van der Waals surface area contributed by atoms with E-state index in [9.17, 15) is 4.79 Å². The molecule has 4 heteroatoms. The van der Waals surface area contributed by atoms with E-state index in [1.54, 1.807) is 0 Å². The normalized spacial score (nSPS) is 15.4. The van der Waals surface area contributed by atoms with E-state index in [0.717, 1.165) is 35.1 Å². The third-order valence-corrected chi connectivity index (χ3v) is 4.83. The van der Waals surface area contributed by atoms with Crippen molar-refractivity contribution >= 4 is 17.0 Å². The van der Waals surface area contributed by atoms with Crippen LogP contribution < -0.4 is 5.32 Å². The van der Waals surface area contributed by atoms with Crippen LogP contribution >= 0.6 is 0 Å². The molecule has 4 nitrogen and oxygen atoms in total. The van der Waals surface area contributed by atoms with Crippen LogP contribution in [0.4, 0.5) is 0 Å². The summed E-state index contributed by atoms with van der Waals surface area (Å²) in [5.41, 5.74) is 3.57. The van der Waals surface area contributed by atoms with Gasteiger partial charge in [-0.15, -0.1) is 0 Å². The number of aromatic nitrogens is 1. The van der Waals surface area contributed by atoms with Crippen molar-refractivity contribution in [1.29, 1.82) is 0 Å². The summed E-state index contributed by atoms with van der Waals surface area (Å²) in [5, 5.41) is 3.16. The van der Waals surface area contributed by atoms with Crippen LogP contribution in [0, 0.1) is 0 Å². The summed E-state index contributed by atoms with van der Waals surface area (Å²) in [7, 11) is 0. The van der Waals surface area contributed by atoms with Crippen LogP contribution in [0.25, 0.3) is 22.6 Å². The highest BCUT2D eigenvalue weighted by molar-refractivity contribution is 5.79. The summed E-state index contributed by atoms with van der Waals surface area (Å²) in [6, 6.07) is 16.0. The maximum atomic E-state index is 12.2. The first-order valence-corrected chi connectivity index (χ1v) is 9.02. The zero-order valence-electron chi connectivity index (χ0n) is 14.2. The summed E-state index contributed by atoms with van der Waals surface area (Å²) in [5.74, 6) is 0.723. The smallest absolute Gasteiger partial charge is 0.227 e. The van der Waals surface area contributed by atoms with Crippen LogP contribution in [0.15, 0.2) is 52.9 Å². The van der Waals surface area contributed by atoms with Crippen molar-refractivity contribution in [1.82, 2.24) is 10.3 Å². The van der Waals surface area contributed by atoms with E-state index in [1.807, 2.05) is 48.5 Å². The Balaban J connectivity index is 1.41. The number of carbonyl (C=O) groups is 1. The molecule has 0 saturated heterocycles. The van der Waals surface area contributed by atoms with Gasteiger partial charge in [0.1, 0.15) is 5.52 Å². The molecule has 0 bridgehead atoms. The van der Waals surface area contributed by atoms with Crippen molar-refractivity contribution < 1.29 is 9.21 Å². The van der Waals surface area contributed by atoms with Crippen LogP contribution in [-0.4, -0.2) is 16.9 Å². The van der Waals surface area contributed by atoms with E-state index in [1.165, 1.54) is 19.3 Å². The fourth-order valence-corrected chi connectivity index (χ4v) is 3.47. The zero-order valence-corrected chi connectivity index (χ0v) is 14.2. The molecule has 1 fully saturated rings. The molecular formula is C21H22N2O2. The lowest BCUT2D eigenvalue weighted by Gasteiger charge is -2.22. The first-order chi connectivity index (χ1) is 12.3.